The molecule has 1 aliphatic heterocycles. The third kappa shape index (κ3) is 3.24. The van der Waals surface area contributed by atoms with Crippen molar-refractivity contribution in [2.45, 2.75) is 39.0 Å². The maximum atomic E-state index is 13.9. The van der Waals surface area contributed by atoms with E-state index in [1.54, 1.807) is 6.07 Å². The van der Waals surface area contributed by atoms with Crippen LogP contribution in [-0.2, 0) is 6.42 Å². The van der Waals surface area contributed by atoms with E-state index in [2.05, 4.69) is 5.32 Å². The standard InChI is InChI=1S/C15H21ClFN/c1-10(2)13-7-12(8-14(16)15(13)17)6-11-4-3-5-18-9-11/h7-8,10-11,18H,3-6,9H2,1-2H3. The zero-order valence-corrected chi connectivity index (χ0v) is 11.9. The zero-order chi connectivity index (χ0) is 13.1. The quantitative estimate of drug-likeness (QED) is 0.869. The molecule has 0 spiro atoms. The fourth-order valence-corrected chi connectivity index (χ4v) is 2.89. The SMILES string of the molecule is CC(C)c1cc(CC2CCCNC2)cc(Cl)c1F. The van der Waals surface area contributed by atoms with Crippen LogP contribution in [0.25, 0.3) is 0 Å². The lowest BCUT2D eigenvalue weighted by Crippen LogP contribution is -2.30. The molecule has 1 aromatic carbocycles. The Balaban J connectivity index is 2.17. The van der Waals surface area contributed by atoms with Crippen LogP contribution < -0.4 is 5.32 Å². The van der Waals surface area contributed by atoms with E-state index >= 15 is 0 Å². The van der Waals surface area contributed by atoms with Gasteiger partial charge >= 0.3 is 0 Å². The van der Waals surface area contributed by atoms with Gasteiger partial charge in [0.2, 0.25) is 0 Å². The Kier molecular flexibility index (Phi) is 4.63. The van der Waals surface area contributed by atoms with E-state index in [1.165, 1.54) is 18.4 Å². The number of hydrogen-bond donors (Lipinski definition) is 1. The first-order chi connectivity index (χ1) is 8.58. The molecular weight excluding hydrogens is 249 g/mol. The number of piperidine rings is 1. The summed E-state index contributed by atoms with van der Waals surface area (Å²) in [6, 6.07) is 3.78. The first kappa shape index (κ1) is 13.8. The number of rotatable bonds is 3. The molecule has 1 saturated heterocycles. The molecule has 3 heteroatoms. The van der Waals surface area contributed by atoms with Gasteiger partial charge in [-0.15, -0.1) is 0 Å². The summed E-state index contributed by atoms with van der Waals surface area (Å²) in [5, 5.41) is 3.68. The molecule has 100 valence electrons. The number of hydrogen-bond acceptors (Lipinski definition) is 1. The van der Waals surface area contributed by atoms with Gasteiger partial charge in [0.05, 0.1) is 5.02 Å². The normalized spacial score (nSPS) is 20.4. The van der Waals surface area contributed by atoms with Crippen LogP contribution in [0.3, 0.4) is 0 Å². The van der Waals surface area contributed by atoms with E-state index in [1.807, 2.05) is 19.9 Å². The van der Waals surface area contributed by atoms with E-state index < -0.39 is 0 Å². The van der Waals surface area contributed by atoms with Gasteiger partial charge in [-0.3, -0.25) is 0 Å². The largest absolute Gasteiger partial charge is 0.316 e. The van der Waals surface area contributed by atoms with E-state index in [-0.39, 0.29) is 16.8 Å². The predicted octanol–water partition coefficient (Wildman–Crippen LogP) is 4.14. The molecule has 18 heavy (non-hydrogen) atoms. The van der Waals surface area contributed by atoms with Crippen LogP contribution in [0.4, 0.5) is 4.39 Å². The Bertz CT molecular complexity index is 411. The minimum absolute atomic E-state index is 0.173. The molecule has 1 aromatic rings. The zero-order valence-electron chi connectivity index (χ0n) is 11.1. The lowest BCUT2D eigenvalue weighted by molar-refractivity contribution is 0.376. The van der Waals surface area contributed by atoms with Crippen LogP contribution in [-0.4, -0.2) is 13.1 Å². The van der Waals surface area contributed by atoms with E-state index in [4.69, 9.17) is 11.6 Å². The van der Waals surface area contributed by atoms with Crippen molar-refractivity contribution in [2.24, 2.45) is 5.92 Å². The molecule has 0 aromatic heterocycles. The average Bonchev–Trinajstić information content (AvgIpc) is 2.34. The highest BCUT2D eigenvalue weighted by atomic mass is 35.5. The molecule has 1 N–H and O–H groups in total. The molecule has 0 saturated carbocycles. The summed E-state index contributed by atoms with van der Waals surface area (Å²) in [6.07, 6.45) is 3.47. The Labute approximate surface area is 114 Å². The lowest BCUT2D eigenvalue weighted by Gasteiger charge is -2.23. The Morgan fingerprint density at radius 2 is 2.22 bits per heavy atom. The summed E-state index contributed by atoms with van der Waals surface area (Å²) in [4.78, 5) is 0. The van der Waals surface area contributed by atoms with E-state index in [9.17, 15) is 4.39 Å². The van der Waals surface area contributed by atoms with Crippen LogP contribution in [0.15, 0.2) is 12.1 Å². The molecule has 1 unspecified atom stereocenters. The van der Waals surface area contributed by atoms with E-state index in [0.29, 0.717) is 5.92 Å². The maximum absolute atomic E-state index is 13.9. The molecule has 1 atom stereocenters. The van der Waals surface area contributed by atoms with E-state index in [0.717, 1.165) is 25.1 Å². The monoisotopic (exact) mass is 269 g/mol. The molecule has 2 rings (SSSR count). The van der Waals surface area contributed by atoms with Crippen LogP contribution in [0.2, 0.25) is 5.02 Å². The maximum Gasteiger partial charge on any atom is 0.145 e. The van der Waals surface area contributed by atoms with Crippen molar-refractivity contribution in [2.75, 3.05) is 13.1 Å². The summed E-state index contributed by atoms with van der Waals surface area (Å²) < 4.78 is 13.9. The van der Waals surface area contributed by atoms with Gasteiger partial charge in [0.25, 0.3) is 0 Å². The predicted molar refractivity (Wildman–Crippen MR) is 74.8 cm³/mol. The van der Waals surface area contributed by atoms with Crippen molar-refractivity contribution in [1.29, 1.82) is 0 Å². The Morgan fingerprint density at radius 3 is 2.83 bits per heavy atom. The van der Waals surface area contributed by atoms with Gasteiger partial charge in [-0.25, -0.2) is 4.39 Å². The second-order valence-electron chi connectivity index (χ2n) is 5.55. The lowest BCUT2D eigenvalue weighted by atomic mass is 9.90. The van der Waals surface area contributed by atoms with Gasteiger partial charge < -0.3 is 5.32 Å². The van der Waals surface area contributed by atoms with Crippen LogP contribution in [0.5, 0.6) is 0 Å². The fourth-order valence-electron chi connectivity index (χ4n) is 2.64. The van der Waals surface area contributed by atoms with Crippen molar-refractivity contribution in [3.05, 3.63) is 34.1 Å². The summed E-state index contributed by atoms with van der Waals surface area (Å²) in [7, 11) is 0. The van der Waals surface area contributed by atoms with Crippen molar-refractivity contribution in [1.82, 2.24) is 5.32 Å². The molecule has 0 bridgehead atoms. The first-order valence-corrected chi connectivity index (χ1v) is 7.14. The molecule has 1 aliphatic rings. The topological polar surface area (TPSA) is 12.0 Å². The number of benzene rings is 1. The fraction of sp³-hybridized carbons (Fsp3) is 0.600. The van der Waals surface area contributed by atoms with Crippen LogP contribution in [0, 0.1) is 11.7 Å². The third-order valence-electron chi connectivity index (χ3n) is 3.66. The Morgan fingerprint density at radius 1 is 1.44 bits per heavy atom. The minimum atomic E-state index is -0.253. The molecule has 1 fully saturated rings. The number of halogens is 2. The van der Waals surface area contributed by atoms with Crippen molar-refractivity contribution >= 4 is 11.6 Å². The van der Waals surface area contributed by atoms with Gasteiger partial charge in [-0.05, 0) is 61.4 Å². The van der Waals surface area contributed by atoms with Gasteiger partial charge in [-0.1, -0.05) is 31.5 Å². The molecule has 1 heterocycles. The van der Waals surface area contributed by atoms with Crippen molar-refractivity contribution in [3.8, 4) is 0 Å². The molecule has 1 nitrogen and oxygen atoms in total. The van der Waals surface area contributed by atoms with Gasteiger partial charge in [0.1, 0.15) is 5.82 Å². The Hall–Kier alpha value is -0.600. The average molecular weight is 270 g/mol. The van der Waals surface area contributed by atoms with Crippen LogP contribution in [0.1, 0.15) is 43.7 Å². The second-order valence-corrected chi connectivity index (χ2v) is 5.96. The number of nitrogens with one attached hydrogen (secondary N) is 1. The van der Waals surface area contributed by atoms with Crippen molar-refractivity contribution in [3.63, 3.8) is 0 Å². The van der Waals surface area contributed by atoms with Gasteiger partial charge in [-0.2, -0.15) is 0 Å². The minimum Gasteiger partial charge on any atom is -0.316 e. The summed E-state index contributed by atoms with van der Waals surface area (Å²) in [5.41, 5.74) is 1.90. The van der Waals surface area contributed by atoms with Crippen molar-refractivity contribution < 1.29 is 4.39 Å². The first-order valence-electron chi connectivity index (χ1n) is 6.76. The highest BCUT2D eigenvalue weighted by molar-refractivity contribution is 6.30. The van der Waals surface area contributed by atoms with Gasteiger partial charge in [0, 0.05) is 0 Å². The highest BCUT2D eigenvalue weighted by Crippen LogP contribution is 2.28. The molecule has 0 aliphatic carbocycles. The molecule has 0 radical (unpaired) electrons. The smallest absolute Gasteiger partial charge is 0.145 e. The molecule has 0 amide bonds. The molecular formula is C15H21ClFN. The summed E-state index contributed by atoms with van der Waals surface area (Å²) in [6.45, 7) is 6.19. The van der Waals surface area contributed by atoms with Crippen LogP contribution >= 0.6 is 11.6 Å². The van der Waals surface area contributed by atoms with Gasteiger partial charge in [0.15, 0.2) is 0 Å². The third-order valence-corrected chi connectivity index (χ3v) is 3.94. The summed E-state index contributed by atoms with van der Waals surface area (Å²) >= 11 is 5.99. The summed E-state index contributed by atoms with van der Waals surface area (Å²) in [5.74, 6) is 0.574. The highest BCUT2D eigenvalue weighted by Gasteiger charge is 2.17. The second kappa shape index (κ2) is 6.03.